The van der Waals surface area contributed by atoms with E-state index in [-0.39, 0.29) is 18.6 Å². The highest BCUT2D eigenvalue weighted by molar-refractivity contribution is 6.30. The van der Waals surface area contributed by atoms with Gasteiger partial charge in [-0.15, -0.1) is 0 Å². The summed E-state index contributed by atoms with van der Waals surface area (Å²) in [6, 6.07) is 12.7. The first-order chi connectivity index (χ1) is 12.6. The summed E-state index contributed by atoms with van der Waals surface area (Å²) < 4.78 is 16.4. The fourth-order valence-corrected chi connectivity index (χ4v) is 3.37. The van der Waals surface area contributed by atoms with E-state index in [1.807, 2.05) is 23.1 Å². The Morgan fingerprint density at radius 1 is 1.12 bits per heavy atom. The van der Waals surface area contributed by atoms with Crippen molar-refractivity contribution in [2.24, 2.45) is 0 Å². The van der Waals surface area contributed by atoms with Crippen molar-refractivity contribution in [1.29, 1.82) is 0 Å². The smallest absolute Gasteiger partial charge is 0.261 e. The maximum atomic E-state index is 12.7. The molecular formula is C20H22ClNO4. The molecule has 3 rings (SSSR count). The number of ether oxygens (including phenoxy) is 3. The van der Waals surface area contributed by atoms with Crippen LogP contribution in [0.1, 0.15) is 24.4 Å². The molecule has 0 radical (unpaired) electrons. The molecule has 0 bridgehead atoms. The highest BCUT2D eigenvalue weighted by atomic mass is 35.5. The van der Waals surface area contributed by atoms with Crippen LogP contribution in [-0.4, -0.2) is 38.2 Å². The van der Waals surface area contributed by atoms with Gasteiger partial charge in [0.25, 0.3) is 5.91 Å². The highest BCUT2D eigenvalue weighted by Gasteiger charge is 2.32. The van der Waals surface area contributed by atoms with Gasteiger partial charge in [-0.25, -0.2) is 0 Å². The van der Waals surface area contributed by atoms with Gasteiger partial charge in [0, 0.05) is 23.2 Å². The van der Waals surface area contributed by atoms with Gasteiger partial charge in [-0.3, -0.25) is 4.79 Å². The van der Waals surface area contributed by atoms with Crippen LogP contribution >= 0.6 is 11.6 Å². The second-order valence-electron chi connectivity index (χ2n) is 6.10. The molecular weight excluding hydrogens is 354 g/mol. The summed E-state index contributed by atoms with van der Waals surface area (Å²) in [6.45, 7) is 0.708. The normalized spacial score (nSPS) is 16.4. The molecule has 0 saturated carbocycles. The third-order valence-electron chi connectivity index (χ3n) is 4.55. The van der Waals surface area contributed by atoms with E-state index in [1.165, 1.54) is 0 Å². The van der Waals surface area contributed by atoms with Crippen molar-refractivity contribution in [2.75, 3.05) is 27.4 Å². The lowest BCUT2D eigenvalue weighted by atomic mass is 10.0. The van der Waals surface area contributed by atoms with E-state index >= 15 is 0 Å². The first-order valence-electron chi connectivity index (χ1n) is 8.52. The van der Waals surface area contributed by atoms with Gasteiger partial charge in [-0.2, -0.15) is 0 Å². The first-order valence-corrected chi connectivity index (χ1v) is 8.90. The summed E-state index contributed by atoms with van der Waals surface area (Å²) in [5, 5.41) is 0.634. The Morgan fingerprint density at radius 3 is 2.54 bits per heavy atom. The van der Waals surface area contributed by atoms with Crippen LogP contribution in [0.15, 0.2) is 42.5 Å². The largest absolute Gasteiger partial charge is 0.497 e. The van der Waals surface area contributed by atoms with Crippen molar-refractivity contribution >= 4 is 17.5 Å². The van der Waals surface area contributed by atoms with Crippen LogP contribution < -0.4 is 14.2 Å². The van der Waals surface area contributed by atoms with Crippen molar-refractivity contribution < 1.29 is 19.0 Å². The van der Waals surface area contributed by atoms with Crippen molar-refractivity contribution in [3.63, 3.8) is 0 Å². The van der Waals surface area contributed by atoms with Crippen LogP contribution in [-0.2, 0) is 4.79 Å². The molecule has 6 heteroatoms. The molecule has 26 heavy (non-hydrogen) atoms. The molecule has 1 saturated heterocycles. The minimum atomic E-state index is -0.0414. The Hall–Kier alpha value is -2.40. The minimum Gasteiger partial charge on any atom is -0.497 e. The molecule has 0 aliphatic carbocycles. The summed E-state index contributed by atoms with van der Waals surface area (Å²) in [6.07, 6.45) is 1.85. The molecule has 2 aromatic carbocycles. The number of nitrogens with zero attached hydrogens (tertiary/aromatic N) is 1. The van der Waals surface area contributed by atoms with Crippen molar-refractivity contribution in [3.8, 4) is 17.2 Å². The van der Waals surface area contributed by atoms with E-state index in [4.69, 9.17) is 25.8 Å². The Balaban J connectivity index is 1.71. The number of carbonyl (C=O) groups excluding carboxylic acids is 1. The Morgan fingerprint density at radius 2 is 1.85 bits per heavy atom. The van der Waals surface area contributed by atoms with Gasteiger partial charge in [0.1, 0.15) is 17.2 Å². The first kappa shape index (κ1) is 18.4. The average Bonchev–Trinajstić information content (AvgIpc) is 3.16. The van der Waals surface area contributed by atoms with Crippen molar-refractivity contribution in [3.05, 3.63) is 53.1 Å². The standard InChI is InChI=1S/C20H22ClNO4/c1-24-16-9-10-17(19(12-16)25-2)18-4-3-11-22(18)20(23)13-26-15-7-5-14(21)6-8-15/h5-10,12,18H,3-4,11,13H2,1-2H3. The Bertz CT molecular complexity index is 763. The molecule has 0 spiro atoms. The fraction of sp³-hybridized carbons (Fsp3) is 0.350. The molecule has 1 amide bonds. The van der Waals surface area contributed by atoms with Crippen molar-refractivity contribution in [1.82, 2.24) is 4.90 Å². The SMILES string of the molecule is COc1ccc(C2CCCN2C(=O)COc2ccc(Cl)cc2)c(OC)c1. The molecule has 138 valence electrons. The lowest BCUT2D eigenvalue weighted by molar-refractivity contribution is -0.134. The summed E-state index contributed by atoms with van der Waals surface area (Å²) in [5.74, 6) is 2.04. The highest BCUT2D eigenvalue weighted by Crippen LogP contribution is 2.38. The quantitative estimate of drug-likeness (QED) is 0.762. The molecule has 1 aliphatic rings. The molecule has 1 heterocycles. The Labute approximate surface area is 158 Å². The zero-order valence-electron chi connectivity index (χ0n) is 14.9. The third-order valence-corrected chi connectivity index (χ3v) is 4.80. The Kier molecular flexibility index (Phi) is 5.89. The number of hydrogen-bond acceptors (Lipinski definition) is 4. The van der Waals surface area contributed by atoms with Crippen LogP contribution in [0.3, 0.4) is 0 Å². The van der Waals surface area contributed by atoms with E-state index < -0.39 is 0 Å². The second kappa shape index (κ2) is 8.32. The van der Waals surface area contributed by atoms with Crippen LogP contribution in [0.25, 0.3) is 0 Å². The summed E-state index contributed by atoms with van der Waals surface area (Å²) in [7, 11) is 3.25. The predicted molar refractivity (Wildman–Crippen MR) is 100 cm³/mol. The lowest BCUT2D eigenvalue weighted by Crippen LogP contribution is -2.34. The number of amides is 1. The van der Waals surface area contributed by atoms with E-state index in [0.29, 0.717) is 17.3 Å². The zero-order chi connectivity index (χ0) is 18.5. The number of methoxy groups -OCH3 is 2. The van der Waals surface area contributed by atoms with Gasteiger partial charge >= 0.3 is 0 Å². The van der Waals surface area contributed by atoms with Gasteiger partial charge in [0.15, 0.2) is 6.61 Å². The average molecular weight is 376 g/mol. The summed E-state index contributed by atoms with van der Waals surface area (Å²) >= 11 is 5.86. The molecule has 5 nitrogen and oxygen atoms in total. The van der Waals surface area contributed by atoms with Crippen LogP contribution in [0, 0.1) is 0 Å². The monoisotopic (exact) mass is 375 g/mol. The van der Waals surface area contributed by atoms with Gasteiger partial charge in [-0.1, -0.05) is 11.6 Å². The van der Waals surface area contributed by atoms with Gasteiger partial charge in [0.2, 0.25) is 0 Å². The second-order valence-corrected chi connectivity index (χ2v) is 6.53. The number of hydrogen-bond donors (Lipinski definition) is 0. The molecule has 0 aromatic heterocycles. The topological polar surface area (TPSA) is 48.0 Å². The van der Waals surface area contributed by atoms with E-state index in [1.54, 1.807) is 38.5 Å². The number of rotatable bonds is 6. The van der Waals surface area contributed by atoms with E-state index in [9.17, 15) is 4.79 Å². The van der Waals surface area contributed by atoms with Gasteiger partial charge in [0.05, 0.1) is 20.3 Å². The number of likely N-dealkylation sites (tertiary alicyclic amines) is 1. The molecule has 1 aliphatic heterocycles. The van der Waals surface area contributed by atoms with Crippen LogP contribution in [0.4, 0.5) is 0 Å². The van der Waals surface area contributed by atoms with Gasteiger partial charge < -0.3 is 19.1 Å². The molecule has 0 N–H and O–H groups in total. The lowest BCUT2D eigenvalue weighted by Gasteiger charge is -2.26. The number of halogens is 1. The molecule has 1 atom stereocenters. The predicted octanol–water partition coefficient (Wildman–Crippen LogP) is 4.10. The maximum Gasteiger partial charge on any atom is 0.261 e. The van der Waals surface area contributed by atoms with Crippen LogP contribution in [0.5, 0.6) is 17.2 Å². The van der Waals surface area contributed by atoms with E-state index in [2.05, 4.69) is 0 Å². The van der Waals surface area contributed by atoms with Gasteiger partial charge in [-0.05, 0) is 49.2 Å². The fourth-order valence-electron chi connectivity index (χ4n) is 3.24. The molecule has 2 aromatic rings. The number of benzene rings is 2. The van der Waals surface area contributed by atoms with Crippen LogP contribution in [0.2, 0.25) is 5.02 Å². The van der Waals surface area contributed by atoms with E-state index in [0.717, 1.165) is 29.9 Å². The number of carbonyl (C=O) groups is 1. The summed E-state index contributed by atoms with van der Waals surface area (Å²) in [4.78, 5) is 14.6. The third kappa shape index (κ3) is 4.05. The zero-order valence-corrected chi connectivity index (χ0v) is 15.7. The minimum absolute atomic E-state index is 0.00337. The summed E-state index contributed by atoms with van der Waals surface area (Å²) in [5.41, 5.74) is 0.991. The molecule has 1 fully saturated rings. The van der Waals surface area contributed by atoms with Crippen molar-refractivity contribution in [2.45, 2.75) is 18.9 Å². The maximum absolute atomic E-state index is 12.7. The molecule has 1 unspecified atom stereocenters.